The predicted molar refractivity (Wildman–Crippen MR) is 79.7 cm³/mol. The Bertz CT molecular complexity index is 681. The summed E-state index contributed by atoms with van der Waals surface area (Å²) >= 11 is 5.86. The molecule has 2 aromatic rings. The molecule has 1 atom stereocenters. The van der Waals surface area contributed by atoms with Crippen molar-refractivity contribution >= 4 is 17.3 Å². The van der Waals surface area contributed by atoms with E-state index in [0.29, 0.717) is 6.54 Å². The first-order chi connectivity index (χ1) is 10.9. The molecule has 0 aliphatic carbocycles. The number of hydrogen-bond acceptors (Lipinski definition) is 4. The zero-order valence-electron chi connectivity index (χ0n) is 11.9. The molecule has 8 heteroatoms. The molecule has 0 N–H and O–H groups in total. The molecule has 0 saturated carbocycles. The Hall–Kier alpha value is -2.02. The minimum atomic E-state index is -4.47. The summed E-state index contributed by atoms with van der Waals surface area (Å²) in [4.78, 5) is 9.78. The number of nitrogens with zero attached hydrogens (tertiary/aromatic N) is 3. The van der Waals surface area contributed by atoms with Crippen LogP contribution >= 0.6 is 11.6 Å². The molecule has 1 saturated heterocycles. The van der Waals surface area contributed by atoms with Gasteiger partial charge in [-0.1, -0.05) is 11.6 Å². The quantitative estimate of drug-likeness (QED) is 0.849. The van der Waals surface area contributed by atoms with Crippen molar-refractivity contribution in [1.29, 1.82) is 0 Å². The maximum atomic E-state index is 12.6. The molecule has 0 unspecified atom stereocenters. The fourth-order valence-electron chi connectivity index (χ4n) is 2.44. The molecule has 1 fully saturated rings. The van der Waals surface area contributed by atoms with Gasteiger partial charge in [-0.2, -0.15) is 13.2 Å². The smallest absolute Gasteiger partial charge is 0.417 e. The van der Waals surface area contributed by atoms with Crippen molar-refractivity contribution in [3.63, 3.8) is 0 Å². The molecular formula is C15H13ClF3N3O. The number of alkyl halides is 3. The topological polar surface area (TPSA) is 38.2 Å². The maximum Gasteiger partial charge on any atom is 0.417 e. The Morgan fingerprint density at radius 3 is 2.65 bits per heavy atom. The summed E-state index contributed by atoms with van der Waals surface area (Å²) in [5.41, 5.74) is 0.136. The van der Waals surface area contributed by atoms with Crippen LogP contribution in [0.2, 0.25) is 5.02 Å². The first-order valence-electron chi connectivity index (χ1n) is 6.98. The van der Waals surface area contributed by atoms with E-state index in [4.69, 9.17) is 16.3 Å². The number of aromatic nitrogens is 2. The number of halogens is 4. The molecule has 0 amide bonds. The first kappa shape index (κ1) is 15.9. The van der Waals surface area contributed by atoms with Crippen LogP contribution in [0.15, 0.2) is 36.8 Å². The van der Waals surface area contributed by atoms with E-state index in [1.165, 1.54) is 0 Å². The molecule has 0 aromatic carbocycles. The third-order valence-electron chi connectivity index (χ3n) is 3.59. The summed E-state index contributed by atoms with van der Waals surface area (Å²) in [6.45, 7) is 1.40. The van der Waals surface area contributed by atoms with Gasteiger partial charge in [0.25, 0.3) is 0 Å². The fraction of sp³-hybridized carbons (Fsp3) is 0.333. The number of hydrogen-bond donors (Lipinski definition) is 0. The van der Waals surface area contributed by atoms with Crippen molar-refractivity contribution in [2.24, 2.45) is 0 Å². The van der Waals surface area contributed by atoms with Crippen LogP contribution in [0, 0.1) is 0 Å². The third kappa shape index (κ3) is 3.67. The molecule has 0 spiro atoms. The van der Waals surface area contributed by atoms with Crippen LogP contribution in [0.5, 0.6) is 5.88 Å². The molecule has 122 valence electrons. The summed E-state index contributed by atoms with van der Waals surface area (Å²) in [6, 6.07) is 4.62. The van der Waals surface area contributed by atoms with Crippen LogP contribution in [0.3, 0.4) is 0 Å². The number of rotatable bonds is 3. The van der Waals surface area contributed by atoms with Crippen LogP contribution in [0.4, 0.5) is 18.9 Å². The second-order valence-electron chi connectivity index (χ2n) is 5.19. The van der Waals surface area contributed by atoms with E-state index < -0.39 is 11.7 Å². The van der Waals surface area contributed by atoms with Gasteiger partial charge < -0.3 is 9.64 Å². The van der Waals surface area contributed by atoms with Gasteiger partial charge in [0.1, 0.15) is 11.1 Å². The van der Waals surface area contributed by atoms with Crippen molar-refractivity contribution in [3.8, 4) is 5.88 Å². The van der Waals surface area contributed by atoms with E-state index in [0.717, 1.165) is 30.9 Å². The van der Waals surface area contributed by atoms with E-state index in [1.54, 1.807) is 12.4 Å². The lowest BCUT2D eigenvalue weighted by molar-refractivity contribution is -0.137. The summed E-state index contributed by atoms with van der Waals surface area (Å²) in [5.74, 6) is 0.0289. The lowest BCUT2D eigenvalue weighted by Gasteiger charge is -2.19. The van der Waals surface area contributed by atoms with Gasteiger partial charge in [-0.15, -0.1) is 0 Å². The Labute approximate surface area is 135 Å². The van der Waals surface area contributed by atoms with E-state index in [1.807, 2.05) is 12.1 Å². The molecule has 23 heavy (non-hydrogen) atoms. The molecule has 3 rings (SSSR count). The van der Waals surface area contributed by atoms with Crippen molar-refractivity contribution in [3.05, 3.63) is 47.4 Å². The normalized spacial score (nSPS) is 18.3. The van der Waals surface area contributed by atoms with Crippen LogP contribution in [0.25, 0.3) is 0 Å². The van der Waals surface area contributed by atoms with E-state index in [2.05, 4.69) is 14.9 Å². The third-order valence-corrected chi connectivity index (χ3v) is 3.86. The van der Waals surface area contributed by atoms with Crippen LogP contribution in [-0.2, 0) is 6.18 Å². The van der Waals surface area contributed by atoms with Gasteiger partial charge in [-0.3, -0.25) is 4.98 Å². The van der Waals surface area contributed by atoms with Crippen molar-refractivity contribution in [2.45, 2.75) is 18.7 Å². The Balaban J connectivity index is 1.67. The molecule has 1 aliphatic heterocycles. The van der Waals surface area contributed by atoms with Gasteiger partial charge in [0.05, 0.1) is 12.1 Å². The van der Waals surface area contributed by atoms with E-state index >= 15 is 0 Å². The lowest BCUT2D eigenvalue weighted by atomic mass is 10.3. The second kappa shape index (κ2) is 6.23. The molecule has 0 radical (unpaired) electrons. The SMILES string of the molecule is FC(F)(F)c1cnc(O[C@@H]2CCN(c3ccncc3)C2)c(Cl)c1. The molecule has 3 heterocycles. The van der Waals surface area contributed by atoms with Gasteiger partial charge >= 0.3 is 6.18 Å². The standard InChI is InChI=1S/C15H13ClF3N3O/c16-13-7-10(15(17,18)19)8-21-14(13)23-12-3-6-22(9-12)11-1-4-20-5-2-11/h1-2,4-5,7-8,12H,3,6,9H2/t12-/m1/s1. The molecule has 1 aliphatic rings. The maximum absolute atomic E-state index is 12.6. The highest BCUT2D eigenvalue weighted by molar-refractivity contribution is 6.31. The largest absolute Gasteiger partial charge is 0.471 e. The zero-order valence-corrected chi connectivity index (χ0v) is 12.7. The van der Waals surface area contributed by atoms with Crippen LogP contribution in [-0.4, -0.2) is 29.2 Å². The Morgan fingerprint density at radius 1 is 1.26 bits per heavy atom. The molecule has 4 nitrogen and oxygen atoms in total. The average molecular weight is 344 g/mol. The molecular weight excluding hydrogens is 331 g/mol. The summed E-state index contributed by atoms with van der Waals surface area (Å²) < 4.78 is 43.4. The number of pyridine rings is 2. The summed E-state index contributed by atoms with van der Waals surface area (Å²) in [6.07, 6.45) is 0.235. The fourth-order valence-corrected chi connectivity index (χ4v) is 2.65. The number of anilines is 1. The predicted octanol–water partition coefficient (Wildman–Crippen LogP) is 3.81. The minimum Gasteiger partial charge on any atom is -0.471 e. The van der Waals surface area contributed by atoms with Gasteiger partial charge in [0, 0.05) is 37.2 Å². The average Bonchev–Trinajstić information content (AvgIpc) is 2.98. The monoisotopic (exact) mass is 343 g/mol. The van der Waals surface area contributed by atoms with Crippen molar-refractivity contribution < 1.29 is 17.9 Å². The highest BCUT2D eigenvalue weighted by Crippen LogP contribution is 2.34. The molecule has 2 aromatic heterocycles. The Morgan fingerprint density at radius 2 is 2.00 bits per heavy atom. The highest BCUT2D eigenvalue weighted by atomic mass is 35.5. The first-order valence-corrected chi connectivity index (χ1v) is 7.35. The van der Waals surface area contributed by atoms with E-state index in [9.17, 15) is 13.2 Å². The van der Waals surface area contributed by atoms with Gasteiger partial charge in [0.15, 0.2) is 0 Å². The van der Waals surface area contributed by atoms with Gasteiger partial charge in [0.2, 0.25) is 5.88 Å². The lowest BCUT2D eigenvalue weighted by Crippen LogP contribution is -2.24. The Kier molecular flexibility index (Phi) is 4.30. The van der Waals surface area contributed by atoms with Crippen molar-refractivity contribution in [1.82, 2.24) is 9.97 Å². The molecule has 0 bridgehead atoms. The van der Waals surface area contributed by atoms with Gasteiger partial charge in [-0.05, 0) is 18.2 Å². The number of ether oxygens (including phenoxy) is 1. The second-order valence-corrected chi connectivity index (χ2v) is 5.60. The van der Waals surface area contributed by atoms with E-state index in [-0.39, 0.29) is 17.0 Å². The van der Waals surface area contributed by atoms with Crippen LogP contribution in [0.1, 0.15) is 12.0 Å². The highest BCUT2D eigenvalue weighted by Gasteiger charge is 2.32. The van der Waals surface area contributed by atoms with Crippen molar-refractivity contribution in [2.75, 3.05) is 18.0 Å². The van der Waals surface area contributed by atoms with Crippen LogP contribution < -0.4 is 9.64 Å². The van der Waals surface area contributed by atoms with Gasteiger partial charge in [-0.25, -0.2) is 4.98 Å². The summed E-state index contributed by atoms with van der Waals surface area (Å²) in [5, 5.41) is -0.137. The summed E-state index contributed by atoms with van der Waals surface area (Å²) in [7, 11) is 0. The minimum absolute atomic E-state index is 0.0289. The zero-order chi connectivity index (χ0) is 16.4.